The van der Waals surface area contributed by atoms with Crippen LogP contribution in [0.3, 0.4) is 0 Å². The largest absolute Gasteiger partial charge is 0.351 e. The summed E-state index contributed by atoms with van der Waals surface area (Å²) >= 11 is 0. The number of likely N-dealkylation sites (N-methyl/N-ethyl adjacent to an activating group) is 1. The minimum absolute atomic E-state index is 0.0395. The monoisotopic (exact) mass is 545 g/mol. The first-order valence-corrected chi connectivity index (χ1v) is 14.3. The molecule has 0 aliphatic carbocycles. The van der Waals surface area contributed by atoms with Crippen LogP contribution in [0.1, 0.15) is 66.4 Å². The first kappa shape index (κ1) is 31.0. The van der Waals surface area contributed by atoms with E-state index in [-0.39, 0.29) is 40.9 Å². The van der Waals surface area contributed by atoms with Gasteiger partial charge in [-0.25, -0.2) is 4.39 Å². The van der Waals surface area contributed by atoms with Crippen LogP contribution in [0.5, 0.6) is 0 Å². The summed E-state index contributed by atoms with van der Waals surface area (Å²) in [4.78, 5) is 44.6. The van der Waals surface area contributed by atoms with Crippen LogP contribution < -0.4 is 16.0 Å². The van der Waals surface area contributed by atoms with Crippen LogP contribution in [0.15, 0.2) is 24.3 Å². The molecule has 2 fully saturated rings. The second kappa shape index (κ2) is 12.3. The summed E-state index contributed by atoms with van der Waals surface area (Å²) in [6, 6.07) is 4.84. The fourth-order valence-corrected chi connectivity index (χ4v) is 5.74. The minimum atomic E-state index is -0.785. The number of hydrogen-bond donors (Lipinski definition) is 3. The number of halogens is 1. The first-order valence-electron chi connectivity index (χ1n) is 14.3. The molecule has 3 amide bonds. The first-order chi connectivity index (χ1) is 18.2. The molecule has 3 rings (SSSR count). The van der Waals surface area contributed by atoms with Gasteiger partial charge in [0.2, 0.25) is 17.7 Å². The third-order valence-corrected chi connectivity index (χ3v) is 8.69. The zero-order chi connectivity index (χ0) is 29.0. The quantitative estimate of drug-likeness (QED) is 0.467. The topological polar surface area (TPSA) is 93.8 Å². The number of nitrogens with one attached hydrogen (secondary N) is 3. The number of nitrogens with zero attached hydrogens (tertiary/aromatic N) is 2. The van der Waals surface area contributed by atoms with E-state index in [1.807, 2.05) is 27.8 Å². The van der Waals surface area contributed by atoms with E-state index in [0.717, 1.165) is 18.5 Å². The van der Waals surface area contributed by atoms with Crippen LogP contribution in [0.25, 0.3) is 0 Å². The van der Waals surface area contributed by atoms with E-state index in [2.05, 4.69) is 41.6 Å². The van der Waals surface area contributed by atoms with Crippen molar-refractivity contribution in [3.8, 4) is 0 Å². The number of piperazine rings is 1. The van der Waals surface area contributed by atoms with Crippen molar-refractivity contribution in [3.63, 3.8) is 0 Å². The third-order valence-electron chi connectivity index (χ3n) is 8.69. The van der Waals surface area contributed by atoms with Crippen LogP contribution >= 0.6 is 0 Å². The fourth-order valence-electron chi connectivity index (χ4n) is 5.74. The molecule has 1 aromatic rings. The van der Waals surface area contributed by atoms with E-state index in [1.165, 1.54) is 12.1 Å². The fraction of sp³-hybridized carbons (Fsp3) is 0.700. The van der Waals surface area contributed by atoms with Gasteiger partial charge in [-0.1, -0.05) is 32.9 Å². The highest BCUT2D eigenvalue weighted by Gasteiger charge is 2.52. The lowest BCUT2D eigenvalue weighted by Gasteiger charge is -2.51. The van der Waals surface area contributed by atoms with E-state index >= 15 is 0 Å². The summed E-state index contributed by atoms with van der Waals surface area (Å²) in [7, 11) is 1.97. The van der Waals surface area contributed by atoms with Crippen molar-refractivity contribution < 1.29 is 18.8 Å². The average molecular weight is 546 g/mol. The van der Waals surface area contributed by atoms with Crippen LogP contribution in [0, 0.1) is 16.6 Å². The molecule has 2 aliphatic heterocycles. The van der Waals surface area contributed by atoms with Crippen molar-refractivity contribution >= 4 is 17.7 Å². The molecule has 0 saturated carbocycles. The van der Waals surface area contributed by atoms with Crippen LogP contribution in [-0.4, -0.2) is 84.9 Å². The van der Waals surface area contributed by atoms with Gasteiger partial charge in [-0.3, -0.25) is 14.4 Å². The highest BCUT2D eigenvalue weighted by atomic mass is 19.1. The Kier molecular flexibility index (Phi) is 9.81. The summed E-state index contributed by atoms with van der Waals surface area (Å²) in [5.41, 5.74) is -0.436. The van der Waals surface area contributed by atoms with Gasteiger partial charge in [0.1, 0.15) is 11.9 Å². The molecule has 2 heterocycles. The normalized spacial score (nSPS) is 21.2. The van der Waals surface area contributed by atoms with Crippen molar-refractivity contribution in [2.75, 3.05) is 39.8 Å². The molecule has 2 aliphatic rings. The predicted molar refractivity (Wildman–Crippen MR) is 152 cm³/mol. The number of carbonyl (C=O) groups excluding carboxylic acids is 3. The maximum absolute atomic E-state index is 13.9. The Morgan fingerprint density at radius 1 is 1.08 bits per heavy atom. The smallest absolute Gasteiger partial charge is 0.245 e. The lowest BCUT2D eigenvalue weighted by atomic mass is 9.58. The van der Waals surface area contributed by atoms with Crippen molar-refractivity contribution in [2.45, 2.75) is 84.8 Å². The van der Waals surface area contributed by atoms with Gasteiger partial charge in [0.15, 0.2) is 0 Å². The standard InChI is InChI=1S/C30H48FN5O3/c1-8-29(5,6)30(27(39)34-28(2,3)4)13-16-36(17-14-30)26(38)23(19-21-9-11-22(31)12-10-21)33-25(37)24-20-35(7)18-15-32-24/h9-12,23-24,32H,8,13-20H2,1-7H3,(H,33,37)(H,34,39)/t23-,24+/m1/s1. The Morgan fingerprint density at radius 3 is 2.23 bits per heavy atom. The lowest BCUT2D eigenvalue weighted by Crippen LogP contribution is -2.62. The number of piperidine rings is 1. The van der Waals surface area contributed by atoms with Crippen LogP contribution in [0.2, 0.25) is 0 Å². The number of hydrogen-bond acceptors (Lipinski definition) is 5. The van der Waals surface area contributed by atoms with Crippen molar-refractivity contribution in [2.24, 2.45) is 10.8 Å². The van der Waals surface area contributed by atoms with Gasteiger partial charge in [-0.05, 0) is 70.2 Å². The molecule has 218 valence electrons. The summed E-state index contributed by atoms with van der Waals surface area (Å²) in [6.45, 7) is 15.3. The van der Waals surface area contributed by atoms with Gasteiger partial charge < -0.3 is 25.8 Å². The van der Waals surface area contributed by atoms with Gasteiger partial charge in [-0.2, -0.15) is 0 Å². The predicted octanol–water partition coefficient (Wildman–Crippen LogP) is 2.72. The zero-order valence-electron chi connectivity index (χ0n) is 24.8. The molecule has 1 aromatic carbocycles. The molecule has 3 N–H and O–H groups in total. The molecule has 2 atom stereocenters. The Hall–Kier alpha value is -2.52. The molecule has 9 heteroatoms. The van der Waals surface area contributed by atoms with Gasteiger partial charge in [-0.15, -0.1) is 0 Å². The summed E-state index contributed by atoms with van der Waals surface area (Å²) in [5.74, 6) is -0.696. The summed E-state index contributed by atoms with van der Waals surface area (Å²) < 4.78 is 13.5. The highest BCUT2D eigenvalue weighted by Crippen LogP contribution is 2.49. The second-order valence-corrected chi connectivity index (χ2v) is 13.0. The number of likely N-dealkylation sites (tertiary alicyclic amines) is 1. The Balaban J connectivity index is 1.79. The van der Waals surface area contributed by atoms with Crippen molar-refractivity contribution in [3.05, 3.63) is 35.6 Å². The molecule has 0 radical (unpaired) electrons. The van der Waals surface area contributed by atoms with E-state index in [9.17, 15) is 18.8 Å². The molecule has 39 heavy (non-hydrogen) atoms. The third kappa shape index (κ3) is 7.57. The van der Waals surface area contributed by atoms with Crippen molar-refractivity contribution in [1.29, 1.82) is 0 Å². The minimum Gasteiger partial charge on any atom is -0.351 e. The Bertz CT molecular complexity index is 1010. The molecular weight excluding hydrogens is 497 g/mol. The Morgan fingerprint density at radius 2 is 1.69 bits per heavy atom. The summed E-state index contributed by atoms with van der Waals surface area (Å²) in [5, 5.41) is 9.43. The van der Waals surface area contributed by atoms with Crippen molar-refractivity contribution in [1.82, 2.24) is 25.8 Å². The number of amides is 3. The second-order valence-electron chi connectivity index (χ2n) is 13.0. The van der Waals surface area contributed by atoms with E-state index in [1.54, 1.807) is 17.0 Å². The molecule has 8 nitrogen and oxygen atoms in total. The molecule has 0 spiro atoms. The molecular formula is C30H48FN5O3. The highest BCUT2D eigenvalue weighted by molar-refractivity contribution is 5.90. The Labute approximate surface area is 233 Å². The molecule has 0 aromatic heterocycles. The maximum atomic E-state index is 13.9. The van der Waals surface area contributed by atoms with Gasteiger partial charge >= 0.3 is 0 Å². The average Bonchev–Trinajstić information content (AvgIpc) is 2.88. The van der Waals surface area contributed by atoms with Crippen LogP contribution in [0.4, 0.5) is 4.39 Å². The SMILES string of the molecule is CCC(C)(C)C1(C(=O)NC(C)(C)C)CCN(C(=O)[C@@H](Cc2ccc(F)cc2)NC(=O)[C@@H]2CN(C)CCN2)CC1. The zero-order valence-corrected chi connectivity index (χ0v) is 24.8. The number of rotatable bonds is 8. The molecule has 0 bridgehead atoms. The summed E-state index contributed by atoms with van der Waals surface area (Å²) in [6.07, 6.45) is 2.20. The van der Waals surface area contributed by atoms with E-state index in [4.69, 9.17) is 0 Å². The van der Waals surface area contributed by atoms with Gasteiger partial charge in [0.25, 0.3) is 0 Å². The van der Waals surface area contributed by atoms with E-state index in [0.29, 0.717) is 39.0 Å². The van der Waals surface area contributed by atoms with Gasteiger partial charge in [0.05, 0.1) is 11.5 Å². The lowest BCUT2D eigenvalue weighted by molar-refractivity contribution is -0.151. The van der Waals surface area contributed by atoms with E-state index < -0.39 is 17.5 Å². The maximum Gasteiger partial charge on any atom is 0.245 e. The molecule has 0 unspecified atom stereocenters. The number of carbonyl (C=O) groups is 3. The molecule has 2 saturated heterocycles. The van der Waals surface area contributed by atoms with Gasteiger partial charge in [0, 0.05) is 44.7 Å². The number of benzene rings is 1. The van der Waals surface area contributed by atoms with Crippen LogP contribution in [-0.2, 0) is 20.8 Å².